The molecular formula is C23H28N4OS. The Labute approximate surface area is 175 Å². The number of nitrogens with zero attached hydrogens (tertiary/aromatic N) is 3. The first-order valence-corrected chi connectivity index (χ1v) is 12.1. The molecular weight excluding hydrogens is 380 g/mol. The topological polar surface area (TPSA) is 52.2 Å². The monoisotopic (exact) mass is 408 g/mol. The van der Waals surface area contributed by atoms with Gasteiger partial charge in [0.2, 0.25) is 0 Å². The number of carbonyl (C=O) groups excluding carboxylic acids is 1. The zero-order valence-electron chi connectivity index (χ0n) is 16.7. The van der Waals surface area contributed by atoms with Gasteiger partial charge in [-0.15, -0.1) is 0 Å². The fourth-order valence-corrected chi connectivity index (χ4v) is 6.99. The molecule has 4 atom stereocenters. The molecule has 5 nitrogen and oxygen atoms in total. The summed E-state index contributed by atoms with van der Waals surface area (Å²) in [5.41, 5.74) is 4.10. The summed E-state index contributed by atoms with van der Waals surface area (Å²) < 4.78 is 0. The molecule has 0 radical (unpaired) electrons. The largest absolute Gasteiger partial charge is 0.330 e. The third kappa shape index (κ3) is 2.99. The van der Waals surface area contributed by atoms with Crippen molar-refractivity contribution in [1.82, 2.24) is 20.0 Å². The van der Waals surface area contributed by atoms with Crippen molar-refractivity contribution in [2.45, 2.75) is 50.6 Å². The maximum atomic E-state index is 13.5. The van der Waals surface area contributed by atoms with E-state index in [0.29, 0.717) is 17.5 Å². The van der Waals surface area contributed by atoms with Gasteiger partial charge in [0.25, 0.3) is 5.91 Å². The van der Waals surface area contributed by atoms with Crippen molar-refractivity contribution in [3.05, 3.63) is 40.2 Å². The molecule has 2 bridgehead atoms. The highest BCUT2D eigenvalue weighted by atomic mass is 32.1. The summed E-state index contributed by atoms with van der Waals surface area (Å²) in [4.78, 5) is 18.4. The zero-order chi connectivity index (χ0) is 19.4. The normalized spacial score (nSPS) is 31.7. The summed E-state index contributed by atoms with van der Waals surface area (Å²) in [5.74, 6) is 1.40. The maximum absolute atomic E-state index is 13.5. The number of hydrogen-bond acceptors (Lipinski definition) is 4. The Morgan fingerprint density at radius 3 is 3.10 bits per heavy atom. The molecule has 0 saturated carbocycles. The maximum Gasteiger partial charge on any atom is 0.272 e. The van der Waals surface area contributed by atoms with Gasteiger partial charge < -0.3 is 4.90 Å². The van der Waals surface area contributed by atoms with Crippen LogP contribution >= 0.6 is 11.3 Å². The average Bonchev–Trinajstić information content (AvgIpc) is 3.45. The predicted molar refractivity (Wildman–Crippen MR) is 115 cm³/mol. The minimum Gasteiger partial charge on any atom is -0.330 e. The SMILES string of the molecule is O=C(c1cc(-c2ccsc2)n[nH]1)N1CCCC2=C[C@@H]3C[C@@H](CN4CCCC[C@H]34)[C@@H]21. The fourth-order valence-electron chi connectivity index (χ4n) is 6.35. The number of carbonyl (C=O) groups is 1. The molecule has 6 heteroatoms. The molecule has 3 saturated heterocycles. The number of likely N-dealkylation sites (tertiary alicyclic amines) is 1. The number of fused-ring (bicyclic) bond motifs is 6. The van der Waals surface area contributed by atoms with Crippen LogP contribution in [0.4, 0.5) is 0 Å². The van der Waals surface area contributed by atoms with E-state index in [9.17, 15) is 4.79 Å². The van der Waals surface area contributed by atoms with Gasteiger partial charge in [-0.3, -0.25) is 14.8 Å². The van der Waals surface area contributed by atoms with Crippen molar-refractivity contribution in [1.29, 1.82) is 0 Å². The van der Waals surface area contributed by atoms with Crippen LogP contribution in [-0.2, 0) is 0 Å². The number of piperidine rings is 3. The first-order valence-electron chi connectivity index (χ1n) is 11.1. The lowest BCUT2D eigenvalue weighted by atomic mass is 9.68. The zero-order valence-corrected chi connectivity index (χ0v) is 17.5. The van der Waals surface area contributed by atoms with Gasteiger partial charge >= 0.3 is 0 Å². The minimum atomic E-state index is 0.119. The summed E-state index contributed by atoms with van der Waals surface area (Å²) in [5, 5.41) is 11.5. The molecule has 1 aliphatic carbocycles. The van der Waals surface area contributed by atoms with Crippen LogP contribution < -0.4 is 0 Å². The number of H-pyrrole nitrogens is 1. The van der Waals surface area contributed by atoms with E-state index in [-0.39, 0.29) is 11.9 Å². The Kier molecular flexibility index (Phi) is 4.38. The van der Waals surface area contributed by atoms with Crippen LogP contribution in [0.5, 0.6) is 0 Å². The molecule has 0 unspecified atom stereocenters. The van der Waals surface area contributed by atoms with E-state index in [1.807, 2.05) is 11.4 Å². The summed E-state index contributed by atoms with van der Waals surface area (Å²) in [6.45, 7) is 3.26. The molecule has 5 heterocycles. The van der Waals surface area contributed by atoms with E-state index >= 15 is 0 Å². The third-order valence-corrected chi connectivity index (χ3v) is 8.23. The van der Waals surface area contributed by atoms with Gasteiger partial charge in [0, 0.05) is 30.1 Å². The summed E-state index contributed by atoms with van der Waals surface area (Å²) in [7, 11) is 0. The second kappa shape index (κ2) is 7.10. The number of thiophene rings is 1. The average molecular weight is 409 g/mol. The molecule has 6 rings (SSSR count). The molecule has 152 valence electrons. The molecule has 2 aromatic heterocycles. The van der Waals surface area contributed by atoms with Crippen LogP contribution in [0.1, 0.15) is 49.0 Å². The van der Waals surface area contributed by atoms with Crippen LogP contribution in [0.3, 0.4) is 0 Å². The third-order valence-electron chi connectivity index (χ3n) is 7.54. The van der Waals surface area contributed by atoms with E-state index in [4.69, 9.17) is 0 Å². The van der Waals surface area contributed by atoms with Crippen LogP contribution in [0.2, 0.25) is 0 Å². The standard InChI is InChI=1S/C23H28N4OS/c28-23(20-12-19(24-25-20)16-6-9-29-14-16)27-8-3-4-15-10-17-11-18(22(15)27)13-26-7-2-1-5-21(17)26/h6,9-10,12,14,17-18,21-22H,1-5,7-8,11,13H2,(H,24,25)/t17-,18+,21-,22-/m1/s1. The van der Waals surface area contributed by atoms with E-state index in [0.717, 1.165) is 43.2 Å². The molecule has 1 amide bonds. The molecule has 0 spiro atoms. The number of rotatable bonds is 2. The van der Waals surface area contributed by atoms with E-state index in [1.54, 1.807) is 11.3 Å². The van der Waals surface area contributed by atoms with Gasteiger partial charge in [-0.25, -0.2) is 0 Å². The molecule has 0 aromatic carbocycles. The minimum absolute atomic E-state index is 0.119. The van der Waals surface area contributed by atoms with Gasteiger partial charge in [-0.1, -0.05) is 18.1 Å². The Morgan fingerprint density at radius 1 is 1.24 bits per heavy atom. The van der Waals surface area contributed by atoms with Crippen molar-refractivity contribution < 1.29 is 4.79 Å². The van der Waals surface area contributed by atoms with Crippen LogP contribution in [0.15, 0.2) is 34.5 Å². The van der Waals surface area contributed by atoms with E-state index < -0.39 is 0 Å². The summed E-state index contributed by atoms with van der Waals surface area (Å²) in [6, 6.07) is 5.01. The van der Waals surface area contributed by atoms with Crippen LogP contribution in [-0.4, -0.2) is 57.6 Å². The number of nitrogens with one attached hydrogen (secondary N) is 1. The van der Waals surface area contributed by atoms with Gasteiger partial charge in [0.05, 0.1) is 11.7 Å². The van der Waals surface area contributed by atoms with Crippen LogP contribution in [0.25, 0.3) is 11.3 Å². The predicted octanol–water partition coefficient (Wildman–Crippen LogP) is 4.17. The first-order chi connectivity index (χ1) is 14.3. The number of aromatic nitrogens is 2. The lowest BCUT2D eigenvalue weighted by Gasteiger charge is -2.54. The fraction of sp³-hybridized carbons (Fsp3) is 0.565. The smallest absolute Gasteiger partial charge is 0.272 e. The first kappa shape index (κ1) is 17.9. The lowest BCUT2D eigenvalue weighted by molar-refractivity contribution is 0.00131. The highest BCUT2D eigenvalue weighted by Crippen LogP contribution is 2.45. The Hall–Kier alpha value is -1.92. The van der Waals surface area contributed by atoms with Crippen molar-refractivity contribution in [2.75, 3.05) is 19.6 Å². The number of amides is 1. The Balaban J connectivity index is 1.29. The van der Waals surface area contributed by atoms with Crippen molar-refractivity contribution >= 4 is 17.2 Å². The summed E-state index contributed by atoms with van der Waals surface area (Å²) in [6.07, 6.45) is 10.1. The Morgan fingerprint density at radius 2 is 2.21 bits per heavy atom. The Bertz CT molecular complexity index is 933. The molecule has 2 aromatic rings. The van der Waals surface area contributed by atoms with Crippen LogP contribution in [0, 0.1) is 11.8 Å². The molecule has 3 aliphatic heterocycles. The van der Waals surface area contributed by atoms with Gasteiger partial charge in [0.1, 0.15) is 5.69 Å². The van der Waals surface area contributed by atoms with Crippen molar-refractivity contribution in [2.24, 2.45) is 11.8 Å². The highest BCUT2D eigenvalue weighted by molar-refractivity contribution is 7.08. The quantitative estimate of drug-likeness (QED) is 0.759. The van der Waals surface area contributed by atoms with Gasteiger partial charge in [0.15, 0.2) is 0 Å². The lowest BCUT2D eigenvalue weighted by Crippen LogP contribution is -2.60. The summed E-state index contributed by atoms with van der Waals surface area (Å²) >= 11 is 1.65. The van der Waals surface area contributed by atoms with Crippen molar-refractivity contribution in [3.63, 3.8) is 0 Å². The number of hydrogen-bond donors (Lipinski definition) is 1. The van der Waals surface area contributed by atoms with E-state index in [2.05, 4.69) is 37.5 Å². The van der Waals surface area contributed by atoms with Gasteiger partial charge in [-0.05, 0) is 68.0 Å². The molecule has 1 N–H and O–H groups in total. The second-order valence-corrected chi connectivity index (χ2v) is 9.97. The highest BCUT2D eigenvalue weighted by Gasteiger charge is 2.47. The molecule has 3 fully saturated rings. The molecule has 29 heavy (non-hydrogen) atoms. The second-order valence-electron chi connectivity index (χ2n) is 9.19. The van der Waals surface area contributed by atoms with Crippen molar-refractivity contribution in [3.8, 4) is 11.3 Å². The van der Waals surface area contributed by atoms with Gasteiger partial charge in [-0.2, -0.15) is 16.4 Å². The number of aromatic amines is 1. The van der Waals surface area contributed by atoms with E-state index in [1.165, 1.54) is 37.8 Å². The molecule has 4 aliphatic rings.